The van der Waals surface area contributed by atoms with Gasteiger partial charge in [0.15, 0.2) is 0 Å². The normalized spacial score (nSPS) is 22.2. The molecule has 126 valence electrons. The van der Waals surface area contributed by atoms with Gasteiger partial charge in [-0.3, -0.25) is 4.79 Å². The van der Waals surface area contributed by atoms with Crippen molar-refractivity contribution in [3.8, 4) is 5.75 Å². The molecule has 2 heterocycles. The van der Waals surface area contributed by atoms with Gasteiger partial charge in [0.05, 0.1) is 7.11 Å². The van der Waals surface area contributed by atoms with Crippen LogP contribution in [-0.4, -0.2) is 56.8 Å². The molecule has 3 rings (SSSR count). The maximum absolute atomic E-state index is 12.4. The van der Waals surface area contributed by atoms with Crippen molar-refractivity contribution in [3.63, 3.8) is 0 Å². The van der Waals surface area contributed by atoms with E-state index in [-0.39, 0.29) is 12.0 Å². The van der Waals surface area contributed by atoms with Crippen molar-refractivity contribution in [1.29, 1.82) is 0 Å². The molecule has 5 nitrogen and oxygen atoms in total. The summed E-state index contributed by atoms with van der Waals surface area (Å²) in [5, 5.41) is 0. The second-order valence-electron chi connectivity index (χ2n) is 6.37. The third kappa shape index (κ3) is 3.61. The van der Waals surface area contributed by atoms with E-state index in [1.807, 2.05) is 24.1 Å². The maximum Gasteiger partial charge on any atom is 0.251 e. The Kier molecular flexibility index (Phi) is 5.06. The van der Waals surface area contributed by atoms with Crippen LogP contribution in [0.4, 0.5) is 5.69 Å². The number of benzene rings is 1. The molecule has 2 aliphatic rings. The molecule has 0 N–H and O–H groups in total. The number of anilines is 1. The Morgan fingerprint density at radius 3 is 2.48 bits per heavy atom. The first-order valence-electron chi connectivity index (χ1n) is 8.46. The number of piperidine rings is 1. The average molecular weight is 318 g/mol. The summed E-state index contributed by atoms with van der Waals surface area (Å²) >= 11 is 0. The summed E-state index contributed by atoms with van der Waals surface area (Å²) in [5.41, 5.74) is 1.22. The smallest absolute Gasteiger partial charge is 0.251 e. The van der Waals surface area contributed by atoms with Crippen molar-refractivity contribution in [2.45, 2.75) is 37.8 Å². The number of carbonyl (C=O) groups excluding carboxylic acids is 1. The Hall–Kier alpha value is -1.75. The summed E-state index contributed by atoms with van der Waals surface area (Å²) in [5.74, 6) is 1.04. The summed E-state index contributed by atoms with van der Waals surface area (Å²) in [6.07, 6.45) is 3.66. The lowest BCUT2D eigenvalue weighted by Crippen LogP contribution is -2.48. The molecule has 0 radical (unpaired) electrons. The molecule has 1 atom stereocenters. The fourth-order valence-corrected chi connectivity index (χ4v) is 3.48. The van der Waals surface area contributed by atoms with Gasteiger partial charge in [-0.1, -0.05) is 0 Å². The van der Waals surface area contributed by atoms with E-state index in [1.165, 1.54) is 5.69 Å². The number of rotatable bonds is 4. The number of likely N-dealkylation sites (N-methyl/N-ethyl adjacent to an activating group) is 1. The first-order chi connectivity index (χ1) is 11.2. The van der Waals surface area contributed by atoms with Crippen molar-refractivity contribution >= 4 is 11.6 Å². The van der Waals surface area contributed by atoms with Crippen LogP contribution >= 0.6 is 0 Å². The first kappa shape index (κ1) is 16.1. The number of hydrogen-bond acceptors (Lipinski definition) is 4. The quantitative estimate of drug-likeness (QED) is 0.854. The number of methoxy groups -OCH3 is 1. The van der Waals surface area contributed by atoms with E-state index < -0.39 is 0 Å². The predicted octanol–water partition coefficient (Wildman–Crippen LogP) is 2.30. The van der Waals surface area contributed by atoms with Crippen LogP contribution in [0, 0.1) is 0 Å². The molecule has 0 saturated carbocycles. The van der Waals surface area contributed by atoms with E-state index in [1.54, 1.807) is 7.11 Å². The van der Waals surface area contributed by atoms with Crippen molar-refractivity contribution in [1.82, 2.24) is 4.90 Å². The predicted molar refractivity (Wildman–Crippen MR) is 90.0 cm³/mol. The van der Waals surface area contributed by atoms with Gasteiger partial charge in [-0.05, 0) is 49.9 Å². The van der Waals surface area contributed by atoms with Crippen LogP contribution in [0.5, 0.6) is 5.75 Å². The lowest BCUT2D eigenvalue weighted by Gasteiger charge is -2.38. The van der Waals surface area contributed by atoms with Gasteiger partial charge in [-0.25, -0.2) is 0 Å². The molecule has 0 unspecified atom stereocenters. The number of carbonyl (C=O) groups is 1. The standard InChI is InChI=1S/C18H26N2O3/c1-19(18(21)17-4-3-13-23-17)14-9-11-20(12-10-14)15-5-7-16(22-2)8-6-15/h5-8,14,17H,3-4,9-13H2,1-2H3/t17-/m1/s1. The highest BCUT2D eigenvalue weighted by Gasteiger charge is 2.31. The van der Waals surface area contributed by atoms with Gasteiger partial charge in [0.1, 0.15) is 11.9 Å². The molecular formula is C18H26N2O3. The molecule has 0 aromatic heterocycles. The zero-order valence-corrected chi connectivity index (χ0v) is 14.0. The minimum Gasteiger partial charge on any atom is -0.497 e. The monoisotopic (exact) mass is 318 g/mol. The van der Waals surface area contributed by atoms with Gasteiger partial charge < -0.3 is 19.3 Å². The second-order valence-corrected chi connectivity index (χ2v) is 6.37. The van der Waals surface area contributed by atoms with Crippen molar-refractivity contribution in [2.75, 3.05) is 38.8 Å². The van der Waals surface area contributed by atoms with Crippen LogP contribution in [0.2, 0.25) is 0 Å². The molecule has 0 aliphatic carbocycles. The summed E-state index contributed by atoms with van der Waals surface area (Å²) in [6.45, 7) is 2.67. The van der Waals surface area contributed by atoms with Gasteiger partial charge >= 0.3 is 0 Å². The summed E-state index contributed by atoms with van der Waals surface area (Å²) in [6, 6.07) is 8.50. The highest BCUT2D eigenvalue weighted by atomic mass is 16.5. The van der Waals surface area contributed by atoms with Gasteiger partial charge in [0, 0.05) is 38.5 Å². The largest absolute Gasteiger partial charge is 0.497 e. The van der Waals surface area contributed by atoms with Gasteiger partial charge in [-0.15, -0.1) is 0 Å². The molecule has 5 heteroatoms. The summed E-state index contributed by atoms with van der Waals surface area (Å²) in [4.78, 5) is 16.7. The molecule has 2 saturated heterocycles. The minimum atomic E-state index is -0.209. The topological polar surface area (TPSA) is 42.0 Å². The number of nitrogens with zero attached hydrogens (tertiary/aromatic N) is 2. The Labute approximate surface area is 138 Å². The molecule has 23 heavy (non-hydrogen) atoms. The zero-order valence-electron chi connectivity index (χ0n) is 14.0. The lowest BCUT2D eigenvalue weighted by molar-refractivity contribution is -0.142. The SMILES string of the molecule is COc1ccc(N2CCC(N(C)C(=O)[C@H]3CCCO3)CC2)cc1. The molecule has 1 aromatic rings. The third-order valence-electron chi connectivity index (χ3n) is 5.00. The average Bonchev–Trinajstić information content (AvgIpc) is 3.15. The van der Waals surface area contributed by atoms with Gasteiger partial charge in [-0.2, -0.15) is 0 Å². The van der Waals surface area contributed by atoms with E-state index in [0.717, 1.165) is 51.1 Å². The highest BCUT2D eigenvalue weighted by Crippen LogP contribution is 2.25. The van der Waals surface area contributed by atoms with E-state index >= 15 is 0 Å². The van der Waals surface area contributed by atoms with Crippen LogP contribution in [-0.2, 0) is 9.53 Å². The zero-order chi connectivity index (χ0) is 16.2. The van der Waals surface area contributed by atoms with E-state index in [4.69, 9.17) is 9.47 Å². The van der Waals surface area contributed by atoms with Crippen molar-refractivity contribution in [3.05, 3.63) is 24.3 Å². The number of ether oxygens (including phenoxy) is 2. The first-order valence-corrected chi connectivity index (χ1v) is 8.46. The summed E-state index contributed by atoms with van der Waals surface area (Å²) in [7, 11) is 3.61. The van der Waals surface area contributed by atoms with Crippen molar-refractivity contribution in [2.24, 2.45) is 0 Å². The lowest BCUT2D eigenvalue weighted by atomic mass is 10.0. The fourth-order valence-electron chi connectivity index (χ4n) is 3.48. The van der Waals surface area contributed by atoms with Crippen LogP contribution < -0.4 is 9.64 Å². The number of hydrogen-bond donors (Lipinski definition) is 0. The van der Waals surface area contributed by atoms with E-state index in [2.05, 4.69) is 17.0 Å². The van der Waals surface area contributed by atoms with Gasteiger partial charge in [0.25, 0.3) is 5.91 Å². The molecule has 1 amide bonds. The van der Waals surface area contributed by atoms with Crippen LogP contribution in [0.15, 0.2) is 24.3 Å². The molecule has 0 spiro atoms. The van der Waals surface area contributed by atoms with Crippen LogP contribution in [0.3, 0.4) is 0 Å². The van der Waals surface area contributed by atoms with E-state index in [9.17, 15) is 4.79 Å². The van der Waals surface area contributed by atoms with Gasteiger partial charge in [0.2, 0.25) is 0 Å². The molecule has 0 bridgehead atoms. The fraction of sp³-hybridized carbons (Fsp3) is 0.611. The van der Waals surface area contributed by atoms with Crippen LogP contribution in [0.25, 0.3) is 0 Å². The molecule has 2 fully saturated rings. The molecule has 2 aliphatic heterocycles. The van der Waals surface area contributed by atoms with Crippen LogP contribution in [0.1, 0.15) is 25.7 Å². The number of amides is 1. The third-order valence-corrected chi connectivity index (χ3v) is 5.00. The summed E-state index contributed by atoms with van der Waals surface area (Å²) < 4.78 is 10.7. The maximum atomic E-state index is 12.4. The Morgan fingerprint density at radius 2 is 1.91 bits per heavy atom. The molecule has 1 aromatic carbocycles. The second kappa shape index (κ2) is 7.21. The highest BCUT2D eigenvalue weighted by molar-refractivity contribution is 5.81. The Morgan fingerprint density at radius 1 is 1.22 bits per heavy atom. The Bertz CT molecular complexity index is 518. The Balaban J connectivity index is 1.53. The van der Waals surface area contributed by atoms with E-state index in [0.29, 0.717) is 6.04 Å². The van der Waals surface area contributed by atoms with Crippen molar-refractivity contribution < 1.29 is 14.3 Å². The molecular weight excluding hydrogens is 292 g/mol. The minimum absolute atomic E-state index is 0.158.